The van der Waals surface area contributed by atoms with Crippen LogP contribution in [0.15, 0.2) is 71.2 Å². The lowest BCUT2D eigenvalue weighted by Crippen LogP contribution is -2.55. The Labute approximate surface area is 237 Å². The number of hydrogen-bond acceptors (Lipinski definition) is 7. The molecule has 2 aliphatic heterocycles. The molecule has 3 N–H and O–H groups in total. The highest BCUT2D eigenvalue weighted by atomic mass is 16.6. The van der Waals surface area contributed by atoms with Crippen LogP contribution < -0.4 is 15.4 Å². The summed E-state index contributed by atoms with van der Waals surface area (Å²) >= 11 is 0. The number of hydrogen-bond donors (Lipinski definition) is 3. The van der Waals surface area contributed by atoms with Gasteiger partial charge in [0.25, 0.3) is 0 Å². The maximum atomic E-state index is 14.1. The number of ether oxygens (including phenoxy) is 1. The van der Waals surface area contributed by atoms with Crippen molar-refractivity contribution in [3.05, 3.63) is 66.7 Å². The minimum atomic E-state index is -1.36. The van der Waals surface area contributed by atoms with Gasteiger partial charge in [0, 0.05) is 18.0 Å². The second kappa shape index (κ2) is 11.3. The molecule has 2 amide bonds. The maximum absolute atomic E-state index is 14.1. The largest absolute Gasteiger partial charge is 0.479 e. The summed E-state index contributed by atoms with van der Waals surface area (Å²) in [6, 6.07) is 15.4. The van der Waals surface area contributed by atoms with E-state index >= 15 is 0 Å². The maximum Gasteiger partial charge on any atom is 0.394 e. The number of anilines is 1. The molecule has 41 heavy (non-hydrogen) atoms. The van der Waals surface area contributed by atoms with Crippen molar-refractivity contribution >= 4 is 34.6 Å². The molecule has 0 unspecified atom stereocenters. The van der Waals surface area contributed by atoms with Gasteiger partial charge in [0.1, 0.15) is 29.2 Å². The quantitative estimate of drug-likeness (QED) is 0.398. The molecule has 1 saturated carbocycles. The van der Waals surface area contributed by atoms with Crippen molar-refractivity contribution in [2.75, 3.05) is 11.9 Å². The van der Waals surface area contributed by atoms with Crippen molar-refractivity contribution in [2.45, 2.75) is 68.7 Å². The number of nitrogens with zero attached hydrogens (tertiary/aromatic N) is 2. The fraction of sp³-hybridized carbons (Fsp3) is 0.419. The van der Waals surface area contributed by atoms with Crippen LogP contribution in [0, 0.1) is 5.92 Å². The monoisotopic (exact) mass is 558 g/mol. The number of benzene rings is 2. The molecule has 2 aromatic carbocycles. The summed E-state index contributed by atoms with van der Waals surface area (Å²) in [4.78, 5) is 46.0. The van der Waals surface area contributed by atoms with Gasteiger partial charge in [-0.1, -0.05) is 55.3 Å². The fourth-order valence-electron chi connectivity index (χ4n) is 5.93. The van der Waals surface area contributed by atoms with Crippen LogP contribution in [0.25, 0.3) is 11.1 Å². The van der Waals surface area contributed by atoms with Gasteiger partial charge in [0.15, 0.2) is 5.58 Å². The van der Waals surface area contributed by atoms with E-state index in [2.05, 4.69) is 15.6 Å². The summed E-state index contributed by atoms with van der Waals surface area (Å²) in [5, 5.41) is 16.2. The highest BCUT2D eigenvalue weighted by molar-refractivity contribution is 5.96. The molecular formula is C31H34N4O6. The molecule has 3 heterocycles. The number of allylic oxidation sites excluding steroid dienone is 1. The SMILES string of the molecule is O=C1N[C@]2(C(=O)O)C[C@H]2/C=C\CCCCC[C@H](Nc2ccccc2)C(=O)N2C[C@H](Oc3nc4ccccc4o3)C[C@@H]12. The van der Waals surface area contributed by atoms with E-state index in [0.29, 0.717) is 23.9 Å². The normalized spacial score (nSPS) is 29.4. The van der Waals surface area contributed by atoms with E-state index in [1.54, 1.807) is 6.07 Å². The third-order valence-electron chi connectivity index (χ3n) is 8.28. The predicted molar refractivity (Wildman–Crippen MR) is 151 cm³/mol. The second-order valence-corrected chi connectivity index (χ2v) is 11.1. The second-order valence-electron chi connectivity index (χ2n) is 11.1. The molecule has 1 aliphatic carbocycles. The van der Waals surface area contributed by atoms with Gasteiger partial charge in [-0.15, -0.1) is 0 Å². The Kier molecular flexibility index (Phi) is 7.38. The average molecular weight is 559 g/mol. The number of aliphatic carboxylic acids is 1. The molecule has 10 nitrogen and oxygen atoms in total. The fourth-order valence-corrected chi connectivity index (χ4v) is 5.93. The molecule has 5 atom stereocenters. The van der Waals surface area contributed by atoms with Gasteiger partial charge in [0.2, 0.25) is 11.8 Å². The lowest BCUT2D eigenvalue weighted by molar-refractivity contribution is -0.145. The van der Waals surface area contributed by atoms with E-state index in [1.165, 1.54) is 4.90 Å². The summed E-state index contributed by atoms with van der Waals surface area (Å²) in [5.74, 6) is -2.06. The van der Waals surface area contributed by atoms with Crippen LogP contribution in [0.4, 0.5) is 5.69 Å². The molecule has 1 saturated heterocycles. The Morgan fingerprint density at radius 3 is 2.71 bits per heavy atom. The molecule has 214 valence electrons. The van der Waals surface area contributed by atoms with Crippen LogP contribution in [0.2, 0.25) is 0 Å². The lowest BCUT2D eigenvalue weighted by Gasteiger charge is -2.30. The molecule has 3 aromatic rings. The summed E-state index contributed by atoms with van der Waals surface area (Å²) < 4.78 is 11.8. The van der Waals surface area contributed by atoms with Crippen LogP contribution in [-0.4, -0.2) is 63.0 Å². The van der Waals surface area contributed by atoms with Crippen LogP contribution in [0.1, 0.15) is 44.9 Å². The van der Waals surface area contributed by atoms with Crippen LogP contribution in [0.5, 0.6) is 6.08 Å². The summed E-state index contributed by atoms with van der Waals surface area (Å²) in [6.45, 7) is 0.145. The first-order chi connectivity index (χ1) is 19.9. The molecule has 3 aliphatic rings. The molecule has 0 bridgehead atoms. The van der Waals surface area contributed by atoms with Crippen molar-refractivity contribution in [2.24, 2.45) is 5.92 Å². The average Bonchev–Trinajstić information content (AvgIpc) is 3.28. The Hall–Kier alpha value is -4.34. The van der Waals surface area contributed by atoms with Gasteiger partial charge in [-0.3, -0.25) is 9.59 Å². The number of oxazole rings is 1. The predicted octanol–water partition coefficient (Wildman–Crippen LogP) is 4.14. The number of para-hydroxylation sites is 3. The Morgan fingerprint density at radius 1 is 1.10 bits per heavy atom. The van der Waals surface area contributed by atoms with Gasteiger partial charge >= 0.3 is 12.0 Å². The lowest BCUT2D eigenvalue weighted by atomic mass is 10.0. The first-order valence-corrected chi connectivity index (χ1v) is 14.3. The van der Waals surface area contributed by atoms with E-state index in [1.807, 2.05) is 60.7 Å². The summed E-state index contributed by atoms with van der Waals surface area (Å²) in [5.41, 5.74) is 0.681. The Morgan fingerprint density at radius 2 is 1.90 bits per heavy atom. The van der Waals surface area contributed by atoms with Crippen molar-refractivity contribution in [3.8, 4) is 6.08 Å². The number of nitrogens with one attached hydrogen (secondary N) is 2. The molecular weight excluding hydrogens is 524 g/mol. The first kappa shape index (κ1) is 26.9. The molecule has 1 aromatic heterocycles. The zero-order valence-electron chi connectivity index (χ0n) is 22.7. The Bertz CT molecular complexity index is 1420. The van der Waals surface area contributed by atoms with E-state index in [4.69, 9.17) is 9.15 Å². The van der Waals surface area contributed by atoms with Crippen molar-refractivity contribution in [1.82, 2.24) is 15.2 Å². The molecule has 0 radical (unpaired) electrons. The van der Waals surface area contributed by atoms with Crippen molar-refractivity contribution < 1.29 is 28.6 Å². The zero-order valence-corrected chi connectivity index (χ0v) is 22.7. The number of carboxylic acids is 1. The minimum absolute atomic E-state index is 0.0696. The number of amides is 2. The van der Waals surface area contributed by atoms with Crippen LogP contribution >= 0.6 is 0 Å². The third kappa shape index (κ3) is 5.64. The molecule has 10 heteroatoms. The highest BCUT2D eigenvalue weighted by Gasteiger charge is 2.61. The highest BCUT2D eigenvalue weighted by Crippen LogP contribution is 2.45. The molecule has 6 rings (SSSR count). The van der Waals surface area contributed by atoms with Crippen LogP contribution in [0.3, 0.4) is 0 Å². The van der Waals surface area contributed by atoms with E-state index < -0.39 is 35.6 Å². The smallest absolute Gasteiger partial charge is 0.394 e. The summed E-state index contributed by atoms with van der Waals surface area (Å²) in [6.07, 6.45) is 8.07. The third-order valence-corrected chi connectivity index (χ3v) is 8.28. The Balaban J connectivity index is 1.28. The van der Waals surface area contributed by atoms with Gasteiger partial charge in [-0.2, -0.15) is 4.98 Å². The molecule has 2 fully saturated rings. The van der Waals surface area contributed by atoms with Gasteiger partial charge < -0.3 is 29.8 Å². The van der Waals surface area contributed by atoms with Gasteiger partial charge in [-0.05, 0) is 49.9 Å². The number of carbonyl (C=O) groups is 3. The van der Waals surface area contributed by atoms with Gasteiger partial charge in [0.05, 0.1) is 6.54 Å². The van der Waals surface area contributed by atoms with Gasteiger partial charge in [-0.25, -0.2) is 4.79 Å². The van der Waals surface area contributed by atoms with Crippen molar-refractivity contribution in [1.29, 1.82) is 0 Å². The first-order valence-electron chi connectivity index (χ1n) is 14.3. The topological polar surface area (TPSA) is 134 Å². The zero-order chi connectivity index (χ0) is 28.4. The van der Waals surface area contributed by atoms with Crippen LogP contribution in [-0.2, 0) is 14.4 Å². The van der Waals surface area contributed by atoms with E-state index in [-0.39, 0.29) is 30.9 Å². The number of aromatic nitrogens is 1. The summed E-state index contributed by atoms with van der Waals surface area (Å²) in [7, 11) is 0. The standard InChI is InChI=1S/C31H34N4O6/c36-27-25-17-22(40-30-33-23-14-9-10-16-26(23)41-30)19-35(25)28(37)24(32-21-12-6-4-7-13-21)15-8-3-1-2-5-11-20-18-31(20,34-27)29(38)39/h4-7,9-14,16,20,22,24-25,32H,1-3,8,15,17-19H2,(H,34,36)(H,38,39)/b11-5-/t20-,22-,24+,25+,31-/m1/s1. The minimum Gasteiger partial charge on any atom is -0.479 e. The van der Waals surface area contributed by atoms with Crippen molar-refractivity contribution in [3.63, 3.8) is 0 Å². The molecule has 0 spiro atoms. The van der Waals surface area contributed by atoms with E-state index in [0.717, 1.165) is 31.4 Å². The number of carboxylic acid groups (broad SMARTS) is 1. The number of rotatable bonds is 5. The van der Waals surface area contributed by atoms with E-state index in [9.17, 15) is 19.5 Å². The number of fused-ring (bicyclic) bond motifs is 3. The number of carbonyl (C=O) groups excluding carboxylic acids is 2.